The molecule has 106 valence electrons. The Morgan fingerprint density at radius 1 is 1.25 bits per heavy atom. The fourth-order valence-electron chi connectivity index (χ4n) is 2.61. The molecule has 7 nitrogen and oxygen atoms in total. The third kappa shape index (κ3) is 1.99. The summed E-state index contributed by atoms with van der Waals surface area (Å²) in [6.45, 7) is 3.70. The van der Waals surface area contributed by atoms with Crippen LogP contribution in [0.4, 0.5) is 11.9 Å². The summed E-state index contributed by atoms with van der Waals surface area (Å²) in [5, 5.41) is 7.71. The zero-order chi connectivity index (χ0) is 13.5. The molecule has 4 rings (SSSR count). The molecule has 0 saturated carbocycles. The smallest absolute Gasteiger partial charge is 0.246 e. The highest BCUT2D eigenvalue weighted by atomic mass is 32.2. The third-order valence-electron chi connectivity index (χ3n) is 3.67. The molecule has 1 aromatic heterocycles. The Balaban J connectivity index is 1.61. The highest BCUT2D eigenvalue weighted by Crippen LogP contribution is 2.29. The predicted molar refractivity (Wildman–Crippen MR) is 76.0 cm³/mol. The highest BCUT2D eigenvalue weighted by molar-refractivity contribution is 8.00. The number of rotatable bonds is 1. The van der Waals surface area contributed by atoms with Gasteiger partial charge >= 0.3 is 0 Å². The van der Waals surface area contributed by atoms with Gasteiger partial charge in [0, 0.05) is 18.8 Å². The molecule has 4 heterocycles. The van der Waals surface area contributed by atoms with Gasteiger partial charge < -0.3 is 15.0 Å². The fourth-order valence-corrected chi connectivity index (χ4v) is 3.53. The van der Waals surface area contributed by atoms with E-state index in [1.807, 2.05) is 4.68 Å². The lowest BCUT2D eigenvalue weighted by Gasteiger charge is -2.25. The Morgan fingerprint density at radius 3 is 2.95 bits per heavy atom. The molecule has 1 fully saturated rings. The number of carbonyl (C=O) groups is 1. The molecule has 0 aliphatic carbocycles. The minimum atomic E-state index is 0.165. The number of fused-ring (bicyclic) bond motifs is 1. The van der Waals surface area contributed by atoms with Gasteiger partial charge in [0.25, 0.3) is 0 Å². The van der Waals surface area contributed by atoms with Gasteiger partial charge in [-0.3, -0.25) is 4.79 Å². The summed E-state index contributed by atoms with van der Waals surface area (Å²) in [6, 6.07) is 0. The second-order valence-corrected chi connectivity index (χ2v) is 6.00. The number of nitrogens with zero attached hydrogens (tertiary/aromatic N) is 4. The van der Waals surface area contributed by atoms with Crippen molar-refractivity contribution in [2.24, 2.45) is 0 Å². The molecule has 0 atom stereocenters. The molecule has 0 unspecified atom stereocenters. The number of aromatic nitrogens is 3. The second-order valence-electron chi connectivity index (χ2n) is 5.01. The summed E-state index contributed by atoms with van der Waals surface area (Å²) in [4.78, 5) is 18.6. The van der Waals surface area contributed by atoms with Gasteiger partial charge in [0.05, 0.1) is 31.2 Å². The summed E-state index contributed by atoms with van der Waals surface area (Å²) >= 11 is 1.66. The van der Waals surface area contributed by atoms with Gasteiger partial charge in [-0.15, -0.1) is 16.9 Å². The molecule has 0 amide bonds. The molecule has 0 bridgehead atoms. The second kappa shape index (κ2) is 4.78. The van der Waals surface area contributed by atoms with E-state index in [0.717, 1.165) is 36.1 Å². The first-order valence-electron chi connectivity index (χ1n) is 6.69. The predicted octanol–water partition coefficient (Wildman–Crippen LogP) is 0.110. The molecular formula is C12H15N5O2S. The first-order chi connectivity index (χ1) is 9.81. The molecule has 3 aliphatic heterocycles. The normalized spacial score (nSPS) is 22.4. The van der Waals surface area contributed by atoms with E-state index in [2.05, 4.69) is 20.3 Å². The van der Waals surface area contributed by atoms with Crippen molar-refractivity contribution in [3.63, 3.8) is 0 Å². The van der Waals surface area contributed by atoms with Crippen molar-refractivity contribution >= 4 is 29.4 Å². The lowest BCUT2D eigenvalue weighted by molar-refractivity contribution is -0.113. The van der Waals surface area contributed by atoms with Gasteiger partial charge in [-0.2, -0.15) is 4.98 Å². The summed E-state index contributed by atoms with van der Waals surface area (Å²) in [6.07, 6.45) is 0. The summed E-state index contributed by atoms with van der Waals surface area (Å²) in [5.41, 5.74) is 1.86. The average Bonchev–Trinajstić information content (AvgIpc) is 2.90. The standard InChI is InChI=1S/C12H15N5O2S/c18-9-7-20-6-8-5-17-11(13-10(8)9)14-12(15-17)16-1-3-19-4-2-16/h1-7H2,(H,13,14,15). The minimum absolute atomic E-state index is 0.165. The molecule has 20 heavy (non-hydrogen) atoms. The summed E-state index contributed by atoms with van der Waals surface area (Å²) < 4.78 is 7.19. The molecule has 8 heteroatoms. The number of carbonyl (C=O) groups excluding carboxylic acids is 1. The van der Waals surface area contributed by atoms with Crippen molar-refractivity contribution in [3.8, 4) is 0 Å². The number of hydrogen-bond acceptors (Lipinski definition) is 7. The maximum absolute atomic E-state index is 11.9. The number of anilines is 2. The van der Waals surface area contributed by atoms with E-state index in [4.69, 9.17) is 4.74 Å². The van der Waals surface area contributed by atoms with Crippen molar-refractivity contribution in [3.05, 3.63) is 11.3 Å². The number of allylic oxidation sites excluding steroid dienone is 1. The van der Waals surface area contributed by atoms with E-state index in [1.165, 1.54) is 0 Å². The topological polar surface area (TPSA) is 72.3 Å². The van der Waals surface area contributed by atoms with Crippen LogP contribution in [0.2, 0.25) is 0 Å². The molecule has 0 aromatic carbocycles. The van der Waals surface area contributed by atoms with Crippen molar-refractivity contribution < 1.29 is 9.53 Å². The van der Waals surface area contributed by atoms with Crippen LogP contribution in [0.15, 0.2) is 11.3 Å². The van der Waals surface area contributed by atoms with Crippen LogP contribution in [0.1, 0.15) is 0 Å². The van der Waals surface area contributed by atoms with E-state index in [0.29, 0.717) is 31.5 Å². The molecule has 3 aliphatic rings. The average molecular weight is 293 g/mol. The van der Waals surface area contributed by atoms with Crippen LogP contribution in [-0.2, 0) is 16.1 Å². The lowest BCUT2D eigenvalue weighted by atomic mass is 10.1. The van der Waals surface area contributed by atoms with Crippen molar-refractivity contribution in [1.82, 2.24) is 14.8 Å². The van der Waals surface area contributed by atoms with Crippen LogP contribution in [0.25, 0.3) is 0 Å². The number of nitrogens with one attached hydrogen (secondary N) is 1. The van der Waals surface area contributed by atoms with Gasteiger partial charge in [0.15, 0.2) is 5.78 Å². The zero-order valence-electron chi connectivity index (χ0n) is 11.0. The van der Waals surface area contributed by atoms with Crippen LogP contribution in [-0.4, -0.2) is 58.4 Å². The first kappa shape index (κ1) is 12.2. The van der Waals surface area contributed by atoms with Crippen molar-refractivity contribution in [1.29, 1.82) is 0 Å². The lowest BCUT2D eigenvalue weighted by Crippen LogP contribution is -2.37. The van der Waals surface area contributed by atoms with Gasteiger partial charge in [-0.1, -0.05) is 0 Å². The first-order valence-corrected chi connectivity index (χ1v) is 7.84. The number of Topliss-reactive ketones (excluding diaryl/α,β-unsaturated/α-hetero) is 1. The maximum Gasteiger partial charge on any atom is 0.246 e. The molecule has 1 aromatic rings. The molecule has 0 radical (unpaired) electrons. The van der Waals surface area contributed by atoms with E-state index in [1.54, 1.807) is 11.8 Å². The van der Waals surface area contributed by atoms with Crippen LogP contribution in [0, 0.1) is 0 Å². The Morgan fingerprint density at radius 2 is 2.10 bits per heavy atom. The number of ketones is 1. The van der Waals surface area contributed by atoms with Crippen LogP contribution in [0.3, 0.4) is 0 Å². The molecular weight excluding hydrogens is 278 g/mol. The van der Waals surface area contributed by atoms with Crippen LogP contribution < -0.4 is 10.2 Å². The van der Waals surface area contributed by atoms with Gasteiger partial charge in [-0.05, 0) is 5.57 Å². The Hall–Kier alpha value is -1.54. The monoisotopic (exact) mass is 293 g/mol. The fraction of sp³-hybridized carbons (Fsp3) is 0.583. The van der Waals surface area contributed by atoms with E-state index < -0.39 is 0 Å². The maximum atomic E-state index is 11.9. The van der Waals surface area contributed by atoms with Gasteiger partial charge in [-0.25, -0.2) is 4.68 Å². The number of ether oxygens (including phenoxy) is 1. The van der Waals surface area contributed by atoms with Crippen LogP contribution in [0.5, 0.6) is 0 Å². The molecule has 0 spiro atoms. The van der Waals surface area contributed by atoms with Crippen molar-refractivity contribution in [2.75, 3.05) is 48.0 Å². The van der Waals surface area contributed by atoms with Crippen LogP contribution >= 0.6 is 11.8 Å². The quantitative estimate of drug-likeness (QED) is 0.788. The minimum Gasteiger partial charge on any atom is -0.378 e. The number of morpholine rings is 1. The Labute approximate surface area is 120 Å². The SMILES string of the molecule is O=C1CSCC2=C1Nc1nc(N3CCOCC3)nn1C2. The summed E-state index contributed by atoms with van der Waals surface area (Å²) in [7, 11) is 0. The molecule has 1 N–H and O–H groups in total. The van der Waals surface area contributed by atoms with Crippen molar-refractivity contribution in [2.45, 2.75) is 6.54 Å². The largest absolute Gasteiger partial charge is 0.378 e. The highest BCUT2D eigenvalue weighted by Gasteiger charge is 2.29. The number of hydrogen-bond donors (Lipinski definition) is 1. The zero-order valence-corrected chi connectivity index (χ0v) is 11.8. The summed E-state index contributed by atoms with van der Waals surface area (Å²) in [5.74, 6) is 3.00. The van der Waals surface area contributed by atoms with E-state index >= 15 is 0 Å². The van der Waals surface area contributed by atoms with Gasteiger partial charge in [0.2, 0.25) is 11.9 Å². The van der Waals surface area contributed by atoms with E-state index in [-0.39, 0.29) is 5.78 Å². The Kier molecular flexibility index (Phi) is 2.92. The third-order valence-corrected chi connectivity index (χ3v) is 4.69. The Bertz CT molecular complexity index is 591. The number of thioether (sulfide) groups is 1. The molecule has 1 saturated heterocycles. The van der Waals surface area contributed by atoms with Gasteiger partial charge in [0.1, 0.15) is 0 Å². The van der Waals surface area contributed by atoms with E-state index in [9.17, 15) is 4.79 Å².